The zero-order valence-electron chi connectivity index (χ0n) is 9.07. The largest absolute Gasteiger partial charge is 0.380 e. The van der Waals surface area contributed by atoms with Crippen LogP contribution in [0.1, 0.15) is 0 Å². The molecule has 9 heteroatoms. The van der Waals surface area contributed by atoms with E-state index in [0.29, 0.717) is 5.69 Å². The van der Waals surface area contributed by atoms with Crippen molar-refractivity contribution in [2.24, 2.45) is 26.8 Å². The summed E-state index contributed by atoms with van der Waals surface area (Å²) in [6.07, 6.45) is 0. The normalized spacial score (nSPS) is 13.9. The molecule has 0 radical (unpaired) electrons. The second-order valence-corrected chi connectivity index (χ2v) is 3.35. The smallest absolute Gasteiger partial charge is 0.271 e. The minimum Gasteiger partial charge on any atom is -0.380 e. The number of anilines is 1. The van der Waals surface area contributed by atoms with E-state index in [2.05, 4.69) is 20.7 Å². The van der Waals surface area contributed by atoms with Crippen LogP contribution in [0, 0.1) is 10.1 Å². The average Bonchev–Trinajstić information content (AvgIpc) is 2.67. The fourth-order valence-corrected chi connectivity index (χ4v) is 1.26. The highest BCUT2D eigenvalue weighted by Gasteiger charge is 2.16. The molecule has 92 valence electrons. The standard InChI is InChI=1S/C9H9N7O2/c10-8-7(9(11)15-14-8)13-12-5-2-1-3-6(4-5)16(17)18/h1-4,12H,(H4,10,11,13,14,15). The van der Waals surface area contributed by atoms with E-state index in [1.165, 1.54) is 18.2 Å². The van der Waals surface area contributed by atoms with E-state index in [4.69, 9.17) is 11.5 Å². The molecule has 0 unspecified atom stereocenters. The third-order valence-corrected chi connectivity index (χ3v) is 2.10. The molecule has 9 nitrogen and oxygen atoms in total. The lowest BCUT2D eigenvalue weighted by Crippen LogP contribution is -2.32. The van der Waals surface area contributed by atoms with Gasteiger partial charge in [0.25, 0.3) is 5.69 Å². The van der Waals surface area contributed by atoms with E-state index in [-0.39, 0.29) is 23.1 Å². The van der Waals surface area contributed by atoms with Crippen LogP contribution < -0.4 is 16.9 Å². The van der Waals surface area contributed by atoms with Crippen LogP contribution in [0.2, 0.25) is 0 Å². The first-order valence-corrected chi connectivity index (χ1v) is 4.83. The van der Waals surface area contributed by atoms with Crippen LogP contribution >= 0.6 is 0 Å². The molecule has 0 bridgehead atoms. The van der Waals surface area contributed by atoms with Crippen LogP contribution in [0.5, 0.6) is 0 Å². The lowest BCUT2D eigenvalue weighted by molar-refractivity contribution is -0.384. The lowest BCUT2D eigenvalue weighted by atomic mass is 10.3. The lowest BCUT2D eigenvalue weighted by Gasteiger charge is -2.02. The number of benzene rings is 1. The summed E-state index contributed by atoms with van der Waals surface area (Å²) >= 11 is 0. The van der Waals surface area contributed by atoms with Gasteiger partial charge in [-0.3, -0.25) is 15.5 Å². The van der Waals surface area contributed by atoms with Gasteiger partial charge in [0.05, 0.1) is 10.6 Å². The highest BCUT2D eigenvalue weighted by molar-refractivity contribution is 6.68. The zero-order valence-corrected chi connectivity index (χ0v) is 9.07. The number of nitro benzene ring substituents is 1. The molecular formula is C9H9N7O2. The van der Waals surface area contributed by atoms with Crippen molar-refractivity contribution in [2.75, 3.05) is 5.43 Å². The third kappa shape index (κ3) is 2.24. The summed E-state index contributed by atoms with van der Waals surface area (Å²) in [5, 5.41) is 21.5. The number of nitrogens with one attached hydrogen (secondary N) is 1. The van der Waals surface area contributed by atoms with Crippen molar-refractivity contribution in [3.8, 4) is 0 Å². The number of hydrazone groups is 1. The molecule has 18 heavy (non-hydrogen) atoms. The summed E-state index contributed by atoms with van der Waals surface area (Å²) in [6.45, 7) is 0. The Morgan fingerprint density at radius 3 is 2.56 bits per heavy atom. The maximum Gasteiger partial charge on any atom is 0.271 e. The van der Waals surface area contributed by atoms with Crippen LogP contribution in [-0.2, 0) is 0 Å². The van der Waals surface area contributed by atoms with Gasteiger partial charge in [0.2, 0.25) is 0 Å². The van der Waals surface area contributed by atoms with Crippen LogP contribution in [-0.4, -0.2) is 22.3 Å². The molecule has 0 amide bonds. The van der Waals surface area contributed by atoms with Crippen molar-refractivity contribution in [3.05, 3.63) is 34.4 Å². The van der Waals surface area contributed by atoms with Gasteiger partial charge in [-0.25, -0.2) is 0 Å². The summed E-state index contributed by atoms with van der Waals surface area (Å²) in [6, 6.07) is 5.86. The molecule has 1 aromatic rings. The molecule has 0 aliphatic carbocycles. The van der Waals surface area contributed by atoms with Crippen molar-refractivity contribution in [3.63, 3.8) is 0 Å². The molecule has 1 aliphatic rings. The van der Waals surface area contributed by atoms with Gasteiger partial charge < -0.3 is 11.5 Å². The Labute approximate surface area is 101 Å². The number of hydrogen-bond acceptors (Lipinski definition) is 8. The summed E-state index contributed by atoms with van der Waals surface area (Å²) < 4.78 is 0. The number of nitrogens with zero attached hydrogens (tertiary/aromatic N) is 4. The van der Waals surface area contributed by atoms with E-state index >= 15 is 0 Å². The van der Waals surface area contributed by atoms with Gasteiger partial charge in [0, 0.05) is 12.1 Å². The summed E-state index contributed by atoms with van der Waals surface area (Å²) in [5.74, 6) is 0.177. The molecule has 0 atom stereocenters. The topological polar surface area (TPSA) is 144 Å². The van der Waals surface area contributed by atoms with Gasteiger partial charge in [-0.15, -0.1) is 10.2 Å². The van der Waals surface area contributed by atoms with Crippen molar-refractivity contribution < 1.29 is 4.92 Å². The first-order valence-electron chi connectivity index (χ1n) is 4.83. The molecule has 0 saturated heterocycles. The fraction of sp³-hybridized carbons (Fsp3) is 0. The fourth-order valence-electron chi connectivity index (χ4n) is 1.26. The molecule has 0 saturated carbocycles. The molecule has 0 fully saturated rings. The molecule has 1 heterocycles. The molecule has 5 N–H and O–H groups in total. The van der Waals surface area contributed by atoms with Gasteiger partial charge in [-0.05, 0) is 6.07 Å². The van der Waals surface area contributed by atoms with E-state index in [9.17, 15) is 10.1 Å². The van der Waals surface area contributed by atoms with Gasteiger partial charge in [-0.2, -0.15) is 5.10 Å². The number of nitro groups is 1. The van der Waals surface area contributed by atoms with E-state index in [1.807, 2.05) is 0 Å². The molecule has 1 aliphatic heterocycles. The van der Waals surface area contributed by atoms with E-state index < -0.39 is 4.92 Å². The monoisotopic (exact) mass is 247 g/mol. The Balaban J connectivity index is 2.18. The maximum atomic E-state index is 10.6. The number of nitrogens with two attached hydrogens (primary N) is 2. The van der Waals surface area contributed by atoms with Gasteiger partial charge >= 0.3 is 0 Å². The molecule has 0 aromatic heterocycles. The van der Waals surface area contributed by atoms with E-state index in [1.54, 1.807) is 6.07 Å². The number of rotatable bonds is 3. The molecule has 2 rings (SSSR count). The number of non-ortho nitro benzene ring substituents is 1. The van der Waals surface area contributed by atoms with Crippen molar-refractivity contribution in [1.29, 1.82) is 0 Å². The SMILES string of the molecule is NC1=NN=C(N)C1=NNc1cccc([N+](=O)[O-])c1. The Morgan fingerprint density at radius 1 is 1.28 bits per heavy atom. The van der Waals surface area contributed by atoms with Crippen molar-refractivity contribution >= 4 is 28.8 Å². The average molecular weight is 247 g/mol. The number of amidine groups is 2. The first-order chi connectivity index (χ1) is 8.58. The van der Waals surface area contributed by atoms with Crippen molar-refractivity contribution in [1.82, 2.24) is 0 Å². The van der Waals surface area contributed by atoms with Gasteiger partial charge in [0.1, 0.15) is 0 Å². The predicted octanol–water partition coefficient (Wildman–Crippen LogP) is 0.00570. The first kappa shape index (κ1) is 11.5. The van der Waals surface area contributed by atoms with Gasteiger partial charge in [-0.1, -0.05) is 6.07 Å². The minimum atomic E-state index is -0.500. The predicted molar refractivity (Wildman–Crippen MR) is 67.4 cm³/mol. The van der Waals surface area contributed by atoms with Crippen LogP contribution in [0.3, 0.4) is 0 Å². The maximum absolute atomic E-state index is 10.6. The molecule has 0 spiro atoms. The molecular weight excluding hydrogens is 238 g/mol. The Hall–Kier alpha value is -2.97. The second-order valence-electron chi connectivity index (χ2n) is 3.35. The Kier molecular flexibility index (Phi) is 2.87. The number of hydrogen-bond donors (Lipinski definition) is 3. The minimum absolute atomic E-state index is 0.0464. The quantitative estimate of drug-likeness (QED) is 0.508. The van der Waals surface area contributed by atoms with Crippen LogP contribution in [0.15, 0.2) is 39.6 Å². The second kappa shape index (κ2) is 4.49. The van der Waals surface area contributed by atoms with Crippen molar-refractivity contribution in [2.45, 2.75) is 0 Å². The van der Waals surface area contributed by atoms with Crippen LogP contribution in [0.25, 0.3) is 0 Å². The molecule has 1 aromatic carbocycles. The summed E-state index contributed by atoms with van der Waals surface area (Å²) in [5.41, 5.74) is 14.2. The van der Waals surface area contributed by atoms with E-state index in [0.717, 1.165) is 0 Å². The summed E-state index contributed by atoms with van der Waals surface area (Å²) in [4.78, 5) is 10.1. The van der Waals surface area contributed by atoms with Crippen LogP contribution in [0.4, 0.5) is 11.4 Å². The Bertz CT molecular complexity index is 570. The Morgan fingerprint density at radius 2 is 1.94 bits per heavy atom. The highest BCUT2D eigenvalue weighted by Crippen LogP contribution is 2.16. The highest BCUT2D eigenvalue weighted by atomic mass is 16.6. The van der Waals surface area contributed by atoms with Gasteiger partial charge in [0.15, 0.2) is 17.4 Å². The summed E-state index contributed by atoms with van der Waals surface area (Å²) in [7, 11) is 0. The third-order valence-electron chi connectivity index (χ3n) is 2.10. The zero-order chi connectivity index (χ0) is 13.1.